The Morgan fingerprint density at radius 3 is 2.85 bits per heavy atom. The number of pyridine rings is 1. The smallest absolute Gasteiger partial charge is 0.336 e. The molecule has 0 saturated heterocycles. The summed E-state index contributed by atoms with van der Waals surface area (Å²) in [4.78, 5) is 16.2. The highest BCUT2D eigenvalue weighted by molar-refractivity contribution is 6.04. The third-order valence-corrected chi connectivity index (χ3v) is 4.07. The molecule has 0 amide bonds. The number of fused-ring (bicyclic) bond motifs is 2. The standard InChI is InChI=1S/C16H16FNO2/c1-8-5-9(2)15-12(6-8)14(16(19)20)11-7-10(17)3-4-13(11)18-15/h3-4,7-9H,5-6H2,1-2H3,(H,19,20). The van der Waals surface area contributed by atoms with Crippen LogP contribution >= 0.6 is 0 Å². The lowest BCUT2D eigenvalue weighted by Gasteiger charge is -2.28. The van der Waals surface area contributed by atoms with E-state index in [1.807, 2.05) is 0 Å². The minimum Gasteiger partial charge on any atom is -0.478 e. The summed E-state index contributed by atoms with van der Waals surface area (Å²) in [5.41, 5.74) is 2.42. The fraction of sp³-hybridized carbons (Fsp3) is 0.375. The molecule has 1 aliphatic rings. The third kappa shape index (κ3) is 1.96. The molecule has 1 aliphatic carbocycles. The molecule has 2 atom stereocenters. The van der Waals surface area contributed by atoms with Crippen molar-refractivity contribution < 1.29 is 14.3 Å². The molecule has 0 saturated carbocycles. The molecule has 0 fully saturated rings. The Bertz CT molecular complexity index is 711. The molecule has 0 bridgehead atoms. The molecule has 4 heteroatoms. The molecule has 20 heavy (non-hydrogen) atoms. The number of carboxylic acids is 1. The van der Waals surface area contributed by atoms with Gasteiger partial charge in [-0.15, -0.1) is 0 Å². The second-order valence-electron chi connectivity index (χ2n) is 5.76. The zero-order chi connectivity index (χ0) is 14.4. The van der Waals surface area contributed by atoms with Gasteiger partial charge in [-0.3, -0.25) is 4.98 Å². The van der Waals surface area contributed by atoms with Crippen molar-refractivity contribution in [1.82, 2.24) is 4.98 Å². The van der Waals surface area contributed by atoms with E-state index >= 15 is 0 Å². The molecule has 0 radical (unpaired) electrons. The van der Waals surface area contributed by atoms with Crippen LogP contribution in [0.4, 0.5) is 4.39 Å². The molecule has 2 unspecified atom stereocenters. The normalized spacial score (nSPS) is 21.8. The van der Waals surface area contributed by atoms with Crippen molar-refractivity contribution in [3.8, 4) is 0 Å². The van der Waals surface area contributed by atoms with Gasteiger partial charge in [0.2, 0.25) is 0 Å². The number of benzene rings is 1. The van der Waals surface area contributed by atoms with Gasteiger partial charge in [0.25, 0.3) is 0 Å². The van der Waals surface area contributed by atoms with E-state index in [4.69, 9.17) is 0 Å². The number of nitrogens with zero attached hydrogens (tertiary/aromatic N) is 1. The summed E-state index contributed by atoms with van der Waals surface area (Å²) in [7, 11) is 0. The van der Waals surface area contributed by atoms with Gasteiger partial charge in [-0.1, -0.05) is 13.8 Å². The van der Waals surface area contributed by atoms with Gasteiger partial charge in [-0.05, 0) is 48.4 Å². The summed E-state index contributed by atoms with van der Waals surface area (Å²) in [6.45, 7) is 4.18. The molecule has 1 aromatic heterocycles. The van der Waals surface area contributed by atoms with Crippen molar-refractivity contribution >= 4 is 16.9 Å². The van der Waals surface area contributed by atoms with Crippen LogP contribution in [0.5, 0.6) is 0 Å². The average Bonchev–Trinajstić information content (AvgIpc) is 2.36. The topological polar surface area (TPSA) is 50.2 Å². The molecule has 1 heterocycles. The summed E-state index contributed by atoms with van der Waals surface area (Å²) in [6.07, 6.45) is 1.70. The first kappa shape index (κ1) is 13.0. The van der Waals surface area contributed by atoms with Crippen LogP contribution in [0.1, 0.15) is 47.8 Å². The van der Waals surface area contributed by atoms with Crippen molar-refractivity contribution in [3.05, 3.63) is 40.8 Å². The van der Waals surface area contributed by atoms with Crippen molar-refractivity contribution in [2.75, 3.05) is 0 Å². The van der Waals surface area contributed by atoms with Crippen molar-refractivity contribution in [2.45, 2.75) is 32.6 Å². The number of rotatable bonds is 1. The number of hydrogen-bond acceptors (Lipinski definition) is 2. The van der Waals surface area contributed by atoms with E-state index in [0.29, 0.717) is 23.2 Å². The molecule has 0 spiro atoms. The van der Waals surface area contributed by atoms with E-state index in [2.05, 4.69) is 18.8 Å². The maximum Gasteiger partial charge on any atom is 0.336 e. The molecular formula is C16H16FNO2. The number of aromatic carboxylic acids is 1. The maximum atomic E-state index is 13.4. The van der Waals surface area contributed by atoms with E-state index in [1.165, 1.54) is 12.1 Å². The van der Waals surface area contributed by atoms with E-state index in [1.54, 1.807) is 6.07 Å². The predicted octanol–water partition coefficient (Wildman–Crippen LogP) is 3.76. The zero-order valence-electron chi connectivity index (χ0n) is 11.5. The largest absolute Gasteiger partial charge is 0.478 e. The number of hydrogen-bond donors (Lipinski definition) is 1. The van der Waals surface area contributed by atoms with Crippen LogP contribution in [0.15, 0.2) is 18.2 Å². The van der Waals surface area contributed by atoms with Crippen LogP contribution in [0.3, 0.4) is 0 Å². The lowest BCUT2D eigenvalue weighted by molar-refractivity contribution is 0.0697. The van der Waals surface area contributed by atoms with Crippen molar-refractivity contribution in [1.29, 1.82) is 0 Å². The van der Waals surface area contributed by atoms with Crippen LogP contribution in [-0.2, 0) is 6.42 Å². The zero-order valence-corrected chi connectivity index (χ0v) is 11.5. The SMILES string of the molecule is CC1Cc2c(nc3ccc(F)cc3c2C(=O)O)C(C)C1. The van der Waals surface area contributed by atoms with Crippen molar-refractivity contribution in [3.63, 3.8) is 0 Å². The predicted molar refractivity (Wildman–Crippen MR) is 74.6 cm³/mol. The Morgan fingerprint density at radius 2 is 2.15 bits per heavy atom. The Kier molecular flexibility index (Phi) is 2.96. The first-order valence-electron chi connectivity index (χ1n) is 6.82. The van der Waals surface area contributed by atoms with Gasteiger partial charge in [0.1, 0.15) is 5.82 Å². The number of carboxylic acid groups (broad SMARTS) is 1. The maximum absolute atomic E-state index is 13.4. The van der Waals surface area contributed by atoms with Gasteiger partial charge in [0.15, 0.2) is 0 Å². The van der Waals surface area contributed by atoms with Gasteiger partial charge < -0.3 is 5.11 Å². The van der Waals surface area contributed by atoms with E-state index in [0.717, 1.165) is 17.7 Å². The third-order valence-electron chi connectivity index (χ3n) is 4.07. The highest BCUT2D eigenvalue weighted by atomic mass is 19.1. The van der Waals surface area contributed by atoms with E-state index < -0.39 is 11.8 Å². The van der Waals surface area contributed by atoms with E-state index in [9.17, 15) is 14.3 Å². The second kappa shape index (κ2) is 4.54. The van der Waals surface area contributed by atoms with Gasteiger partial charge in [-0.25, -0.2) is 9.18 Å². The minimum absolute atomic E-state index is 0.225. The first-order chi connectivity index (χ1) is 9.47. The van der Waals surface area contributed by atoms with Crippen LogP contribution in [0.25, 0.3) is 10.9 Å². The summed E-state index contributed by atoms with van der Waals surface area (Å²) >= 11 is 0. The average molecular weight is 273 g/mol. The summed E-state index contributed by atoms with van der Waals surface area (Å²) in [5.74, 6) is -0.774. The Balaban J connectivity index is 2.40. The fourth-order valence-electron chi connectivity index (χ4n) is 3.30. The minimum atomic E-state index is -0.999. The highest BCUT2D eigenvalue weighted by Gasteiger charge is 2.29. The van der Waals surface area contributed by atoms with Gasteiger partial charge >= 0.3 is 5.97 Å². The highest BCUT2D eigenvalue weighted by Crippen LogP contribution is 2.37. The monoisotopic (exact) mass is 273 g/mol. The Labute approximate surface area is 116 Å². The lowest BCUT2D eigenvalue weighted by atomic mass is 9.79. The van der Waals surface area contributed by atoms with Crippen LogP contribution in [0.2, 0.25) is 0 Å². The van der Waals surface area contributed by atoms with Gasteiger partial charge in [-0.2, -0.15) is 0 Å². The summed E-state index contributed by atoms with van der Waals surface area (Å²) in [6, 6.07) is 4.15. The Hall–Kier alpha value is -1.97. The molecule has 0 aliphatic heterocycles. The summed E-state index contributed by atoms with van der Waals surface area (Å²) < 4.78 is 13.4. The Morgan fingerprint density at radius 1 is 1.40 bits per heavy atom. The van der Waals surface area contributed by atoms with Crippen molar-refractivity contribution in [2.24, 2.45) is 5.92 Å². The van der Waals surface area contributed by atoms with Crippen LogP contribution in [-0.4, -0.2) is 16.1 Å². The van der Waals surface area contributed by atoms with Gasteiger partial charge in [0, 0.05) is 11.1 Å². The molecule has 3 nitrogen and oxygen atoms in total. The molecule has 1 N–H and O–H groups in total. The summed E-state index contributed by atoms with van der Waals surface area (Å²) in [5, 5.41) is 9.95. The molecule has 3 rings (SSSR count). The lowest BCUT2D eigenvalue weighted by Crippen LogP contribution is -2.20. The number of halogens is 1. The van der Waals surface area contributed by atoms with Crippen LogP contribution < -0.4 is 0 Å². The van der Waals surface area contributed by atoms with E-state index in [-0.39, 0.29) is 11.5 Å². The fourth-order valence-corrected chi connectivity index (χ4v) is 3.30. The van der Waals surface area contributed by atoms with Crippen LogP contribution in [0, 0.1) is 11.7 Å². The molecule has 1 aromatic carbocycles. The molecular weight excluding hydrogens is 257 g/mol. The molecule has 2 aromatic rings. The second-order valence-corrected chi connectivity index (χ2v) is 5.76. The molecule has 104 valence electrons. The number of aromatic nitrogens is 1. The quantitative estimate of drug-likeness (QED) is 0.860. The first-order valence-corrected chi connectivity index (χ1v) is 6.82. The number of carbonyl (C=O) groups is 1. The van der Waals surface area contributed by atoms with Gasteiger partial charge in [0.05, 0.1) is 11.1 Å².